The average molecular weight is 201 g/mol. The van der Waals surface area contributed by atoms with Gasteiger partial charge in [0.15, 0.2) is 0 Å². The molecule has 0 aliphatic heterocycles. The predicted octanol–water partition coefficient (Wildman–Crippen LogP) is -1.67. The maximum atomic E-state index is 9.50. The lowest BCUT2D eigenvalue weighted by Crippen LogP contribution is -2.31. The highest BCUT2D eigenvalue weighted by Crippen LogP contribution is 1.72. The fourth-order valence-corrected chi connectivity index (χ4v) is 0.584. The van der Waals surface area contributed by atoms with Gasteiger partial charge in [-0.25, -0.2) is 9.97 Å². The summed E-state index contributed by atoms with van der Waals surface area (Å²) in [5, 5.41) is 1.15. The zero-order chi connectivity index (χ0) is 11.6. The van der Waals surface area contributed by atoms with Crippen LogP contribution >= 0.6 is 0 Å². The van der Waals surface area contributed by atoms with E-state index >= 15 is 0 Å². The molecule has 0 aliphatic rings. The summed E-state index contributed by atoms with van der Waals surface area (Å²) in [4.78, 5) is 7.54. The van der Waals surface area contributed by atoms with Gasteiger partial charge in [0.2, 0.25) is 0 Å². The summed E-state index contributed by atoms with van der Waals surface area (Å²) >= 11 is 0. The molecule has 0 amide bonds. The third kappa shape index (κ3) is 4.36. The van der Waals surface area contributed by atoms with Crippen LogP contribution in [0.15, 0.2) is 6.33 Å². The molecular weight excluding hydrogens is 185 g/mol. The Bertz CT molecular complexity index is 338. The van der Waals surface area contributed by atoms with Gasteiger partial charge >= 0.3 is 0 Å². The Kier molecular flexibility index (Phi) is 9.94. The normalized spacial score (nSPS) is 9.29. The highest BCUT2D eigenvalue weighted by atomic mass is 19.1. The molecule has 1 aromatic rings. The van der Waals surface area contributed by atoms with Gasteiger partial charge < -0.3 is 17.2 Å². The number of nitrogen functional groups attached to an aromatic ring is 1. The van der Waals surface area contributed by atoms with Crippen molar-refractivity contribution in [2.75, 3.05) is 20.0 Å². The Labute approximate surface area is 82.1 Å². The highest BCUT2D eigenvalue weighted by Gasteiger charge is 1.87. The molecule has 1 rings (SSSR count). The second kappa shape index (κ2) is 9.40. The predicted molar refractivity (Wildman–Crippen MR) is 57.0 cm³/mol. The van der Waals surface area contributed by atoms with Crippen molar-refractivity contribution in [3.8, 4) is 0 Å². The molecule has 1 aromatic heterocycles. The molecule has 6 N–H and O–H groups in total. The van der Waals surface area contributed by atoms with Gasteiger partial charge in [-0.05, 0) is 7.05 Å². The molecule has 0 unspecified atom stereocenters. The fourth-order valence-electron chi connectivity index (χ4n) is 0.584. The van der Waals surface area contributed by atoms with E-state index in [4.69, 9.17) is 11.5 Å². The highest BCUT2D eigenvalue weighted by molar-refractivity contribution is 5.33. The Morgan fingerprint density at radius 2 is 1.86 bits per heavy atom. The van der Waals surface area contributed by atoms with Gasteiger partial charge in [0.25, 0.3) is 0 Å². The molecule has 0 aliphatic carbocycles. The monoisotopic (exact) mass is 201 g/mol. The maximum absolute atomic E-state index is 9.50. The lowest BCUT2D eigenvalue weighted by molar-refractivity contribution is 0.636. The largest absolute Gasteiger partial charge is 0.403 e. The SMILES string of the molecule is C=c1c(N)ncn/c1=C/N.CF.CN. The molecule has 0 saturated heterocycles. The number of anilines is 1. The first kappa shape index (κ1) is 14.8. The van der Waals surface area contributed by atoms with Gasteiger partial charge in [0.1, 0.15) is 12.1 Å². The fraction of sp³-hybridized carbons (Fsp3) is 0.250. The molecule has 0 radical (unpaired) electrons. The minimum Gasteiger partial charge on any atom is -0.403 e. The van der Waals surface area contributed by atoms with Crippen molar-refractivity contribution < 1.29 is 4.39 Å². The summed E-state index contributed by atoms with van der Waals surface area (Å²) in [5.74, 6) is 0.367. The Morgan fingerprint density at radius 1 is 1.36 bits per heavy atom. The molecule has 0 spiro atoms. The number of alkyl halides is 1. The molecule has 80 valence electrons. The Morgan fingerprint density at radius 3 is 2.21 bits per heavy atom. The van der Waals surface area contributed by atoms with Gasteiger partial charge in [-0.2, -0.15) is 0 Å². The van der Waals surface area contributed by atoms with Crippen LogP contribution in [0.3, 0.4) is 0 Å². The molecule has 6 heteroatoms. The molecule has 0 fully saturated rings. The number of hydrogen-bond donors (Lipinski definition) is 3. The first-order valence-corrected chi connectivity index (χ1v) is 3.68. The summed E-state index contributed by atoms with van der Waals surface area (Å²) < 4.78 is 9.50. The second-order valence-electron chi connectivity index (χ2n) is 1.79. The van der Waals surface area contributed by atoms with Crippen LogP contribution in [0.4, 0.5) is 10.2 Å². The number of nitrogens with two attached hydrogens (primary N) is 3. The van der Waals surface area contributed by atoms with E-state index in [9.17, 15) is 4.39 Å². The number of rotatable bonds is 0. The van der Waals surface area contributed by atoms with Gasteiger partial charge in [0.05, 0.1) is 12.5 Å². The minimum absolute atomic E-state index is 0.367. The van der Waals surface area contributed by atoms with Crippen LogP contribution in [-0.2, 0) is 0 Å². The van der Waals surface area contributed by atoms with Crippen LogP contribution in [0.2, 0.25) is 0 Å². The van der Waals surface area contributed by atoms with E-state index in [0.29, 0.717) is 23.6 Å². The molecule has 5 nitrogen and oxygen atoms in total. The molecular formula is C8H16FN5. The van der Waals surface area contributed by atoms with E-state index in [-0.39, 0.29) is 0 Å². The maximum Gasteiger partial charge on any atom is 0.134 e. The number of halogens is 1. The van der Waals surface area contributed by atoms with E-state index in [1.165, 1.54) is 19.6 Å². The van der Waals surface area contributed by atoms with Crippen molar-refractivity contribution in [2.24, 2.45) is 11.5 Å². The second-order valence-corrected chi connectivity index (χ2v) is 1.79. The number of nitrogens with zero attached hydrogens (tertiary/aromatic N) is 2. The standard InChI is InChI=1S/C6H8N4.CH3F.CH5N/c1-4-5(2-7)9-3-10-6(4)8;2*1-2/h2-3H,1,7H2,(H2,8,9,10);1H3;2H2,1H3/b5-2+;;. The molecule has 0 saturated carbocycles. The first-order chi connectivity index (χ1) is 6.75. The van der Waals surface area contributed by atoms with Crippen molar-refractivity contribution >= 4 is 18.6 Å². The summed E-state index contributed by atoms with van der Waals surface area (Å²) in [6.07, 6.45) is 2.70. The van der Waals surface area contributed by atoms with Gasteiger partial charge in [-0.3, -0.25) is 4.39 Å². The zero-order valence-electron chi connectivity index (χ0n) is 8.37. The minimum atomic E-state index is 0.367. The summed E-state index contributed by atoms with van der Waals surface area (Å²) in [6, 6.07) is 0. The van der Waals surface area contributed by atoms with Crippen LogP contribution in [0.25, 0.3) is 12.8 Å². The van der Waals surface area contributed by atoms with E-state index < -0.39 is 0 Å². The summed E-state index contributed by atoms with van der Waals surface area (Å²) in [7, 11) is 2.00. The average Bonchev–Trinajstić information content (AvgIpc) is 2.28. The van der Waals surface area contributed by atoms with Crippen LogP contribution in [0.1, 0.15) is 0 Å². The van der Waals surface area contributed by atoms with E-state index in [0.717, 1.165) is 0 Å². The van der Waals surface area contributed by atoms with Crippen molar-refractivity contribution in [3.05, 3.63) is 16.9 Å². The Hall–Kier alpha value is -1.69. The van der Waals surface area contributed by atoms with Gasteiger partial charge in [0, 0.05) is 11.4 Å². The van der Waals surface area contributed by atoms with Crippen molar-refractivity contribution in [2.45, 2.75) is 0 Å². The van der Waals surface area contributed by atoms with Gasteiger partial charge in [-0.1, -0.05) is 6.58 Å². The van der Waals surface area contributed by atoms with Crippen molar-refractivity contribution in [3.63, 3.8) is 0 Å². The van der Waals surface area contributed by atoms with Crippen molar-refractivity contribution in [1.82, 2.24) is 9.97 Å². The summed E-state index contributed by atoms with van der Waals surface area (Å²) in [6.45, 7) is 3.63. The van der Waals surface area contributed by atoms with Crippen LogP contribution < -0.4 is 27.8 Å². The lowest BCUT2D eigenvalue weighted by atomic mass is 10.4. The summed E-state index contributed by atoms with van der Waals surface area (Å²) in [5.41, 5.74) is 15.1. The zero-order valence-corrected chi connectivity index (χ0v) is 8.37. The number of aromatic nitrogens is 2. The van der Waals surface area contributed by atoms with E-state index in [1.54, 1.807) is 0 Å². The smallest absolute Gasteiger partial charge is 0.134 e. The number of hydrogen-bond acceptors (Lipinski definition) is 5. The quantitative estimate of drug-likeness (QED) is 0.465. The van der Waals surface area contributed by atoms with Crippen LogP contribution in [0, 0.1) is 0 Å². The molecule has 0 aromatic carbocycles. The van der Waals surface area contributed by atoms with Gasteiger partial charge in [-0.15, -0.1) is 0 Å². The molecule has 1 heterocycles. The van der Waals surface area contributed by atoms with E-state index in [2.05, 4.69) is 22.3 Å². The van der Waals surface area contributed by atoms with Crippen LogP contribution in [0.5, 0.6) is 0 Å². The third-order valence-electron chi connectivity index (χ3n) is 1.17. The lowest BCUT2D eigenvalue weighted by Gasteiger charge is -1.89. The first-order valence-electron chi connectivity index (χ1n) is 3.68. The topological polar surface area (TPSA) is 104 Å². The van der Waals surface area contributed by atoms with Crippen LogP contribution in [-0.4, -0.2) is 24.2 Å². The third-order valence-corrected chi connectivity index (χ3v) is 1.17. The Balaban J connectivity index is 0. The molecule has 0 atom stereocenters. The van der Waals surface area contributed by atoms with E-state index in [1.807, 2.05) is 0 Å². The molecule has 0 bridgehead atoms. The molecule has 14 heavy (non-hydrogen) atoms. The van der Waals surface area contributed by atoms with Crippen molar-refractivity contribution in [1.29, 1.82) is 0 Å².